The topological polar surface area (TPSA) is 97.7 Å². The first kappa shape index (κ1) is 19.4. The van der Waals surface area contributed by atoms with Crippen LogP contribution >= 0.6 is 0 Å². The van der Waals surface area contributed by atoms with Crippen molar-refractivity contribution in [3.05, 3.63) is 90.3 Å². The Balaban J connectivity index is 1.34. The van der Waals surface area contributed by atoms with E-state index in [2.05, 4.69) is 25.6 Å². The maximum absolute atomic E-state index is 14.7. The number of nitrogens with zero attached hydrogens (tertiary/aromatic N) is 4. The van der Waals surface area contributed by atoms with Crippen molar-refractivity contribution in [2.75, 3.05) is 5.32 Å². The monoisotopic (exact) mass is 428 g/mol. The third-order valence-electron chi connectivity index (χ3n) is 4.94. The molecule has 0 aliphatic carbocycles. The number of anilines is 1. The molecule has 0 saturated heterocycles. The van der Waals surface area contributed by atoms with Crippen LogP contribution in [0.5, 0.6) is 11.5 Å². The van der Waals surface area contributed by atoms with Crippen LogP contribution in [0.15, 0.2) is 73.1 Å². The van der Waals surface area contributed by atoms with E-state index in [-0.39, 0.29) is 17.1 Å². The Bertz CT molecular complexity index is 1430. The number of hydrogen-bond donors (Lipinski definition) is 2. The van der Waals surface area contributed by atoms with E-state index in [1.807, 2.05) is 30.3 Å². The number of pyridine rings is 1. The van der Waals surface area contributed by atoms with Gasteiger partial charge in [0.2, 0.25) is 0 Å². The molecule has 32 heavy (non-hydrogen) atoms. The minimum absolute atomic E-state index is 0.0305. The fourth-order valence-corrected chi connectivity index (χ4v) is 3.35. The summed E-state index contributed by atoms with van der Waals surface area (Å²) in [4.78, 5) is 19.9. The van der Waals surface area contributed by atoms with Crippen LogP contribution < -0.4 is 10.1 Å². The van der Waals surface area contributed by atoms with Crippen molar-refractivity contribution in [2.24, 2.45) is 0 Å². The molecular formula is C23H17FN6O2. The SMILES string of the molecule is Cc1c(C(=O)Nc2ccc(Oc3ccnc4[nH]ccc34)c(F)c2)nnn1-c1ccccc1. The summed E-state index contributed by atoms with van der Waals surface area (Å²) < 4.78 is 22.0. The van der Waals surface area contributed by atoms with E-state index in [9.17, 15) is 9.18 Å². The van der Waals surface area contributed by atoms with E-state index in [4.69, 9.17) is 4.74 Å². The first-order valence-electron chi connectivity index (χ1n) is 9.79. The van der Waals surface area contributed by atoms with Crippen LogP contribution in [0.25, 0.3) is 16.7 Å². The summed E-state index contributed by atoms with van der Waals surface area (Å²) in [6.07, 6.45) is 3.31. The highest BCUT2D eigenvalue weighted by molar-refractivity contribution is 6.03. The van der Waals surface area contributed by atoms with Crippen LogP contribution in [0.1, 0.15) is 16.2 Å². The number of benzene rings is 2. The Morgan fingerprint density at radius 1 is 1.09 bits per heavy atom. The van der Waals surface area contributed by atoms with E-state index < -0.39 is 11.7 Å². The molecule has 0 fully saturated rings. The number of fused-ring (bicyclic) bond motifs is 1. The third kappa shape index (κ3) is 3.56. The van der Waals surface area contributed by atoms with Crippen LogP contribution in [0.4, 0.5) is 10.1 Å². The molecule has 0 atom stereocenters. The number of carbonyl (C=O) groups excluding carboxylic acids is 1. The van der Waals surface area contributed by atoms with Crippen molar-refractivity contribution < 1.29 is 13.9 Å². The van der Waals surface area contributed by atoms with Gasteiger partial charge in [0.05, 0.1) is 16.8 Å². The molecule has 8 nitrogen and oxygen atoms in total. The molecule has 2 N–H and O–H groups in total. The molecular weight excluding hydrogens is 411 g/mol. The van der Waals surface area contributed by atoms with Gasteiger partial charge in [-0.25, -0.2) is 14.1 Å². The lowest BCUT2D eigenvalue weighted by atomic mass is 10.2. The Labute approximate surface area is 181 Å². The molecule has 0 spiro atoms. The molecule has 0 unspecified atom stereocenters. The lowest BCUT2D eigenvalue weighted by Gasteiger charge is -2.10. The highest BCUT2D eigenvalue weighted by atomic mass is 19.1. The number of carbonyl (C=O) groups is 1. The zero-order valence-corrected chi connectivity index (χ0v) is 16.9. The van der Waals surface area contributed by atoms with Crippen molar-refractivity contribution in [3.8, 4) is 17.2 Å². The van der Waals surface area contributed by atoms with Gasteiger partial charge in [-0.1, -0.05) is 23.4 Å². The second-order valence-electron chi connectivity index (χ2n) is 7.02. The number of ether oxygens (including phenoxy) is 1. The van der Waals surface area contributed by atoms with Crippen LogP contribution in [0.2, 0.25) is 0 Å². The average Bonchev–Trinajstić information content (AvgIpc) is 3.43. The number of H-pyrrole nitrogens is 1. The van der Waals surface area contributed by atoms with E-state index in [1.165, 1.54) is 12.1 Å². The standard InChI is InChI=1S/C23H17FN6O2/c1-14-21(28-29-30(14)16-5-3-2-4-6-16)23(31)27-15-7-8-20(18(24)13-15)32-19-10-12-26-22-17(19)9-11-25-22/h2-13H,1H3,(H,25,26)(H,27,31). The van der Waals surface area contributed by atoms with Gasteiger partial charge >= 0.3 is 0 Å². The van der Waals surface area contributed by atoms with Gasteiger partial charge in [-0.05, 0) is 43.3 Å². The molecule has 9 heteroatoms. The van der Waals surface area contributed by atoms with Gasteiger partial charge in [-0.3, -0.25) is 4.79 Å². The third-order valence-corrected chi connectivity index (χ3v) is 4.94. The second-order valence-corrected chi connectivity index (χ2v) is 7.02. The van der Waals surface area contributed by atoms with E-state index >= 15 is 0 Å². The Morgan fingerprint density at radius 2 is 1.94 bits per heavy atom. The highest BCUT2D eigenvalue weighted by Gasteiger charge is 2.18. The number of hydrogen-bond acceptors (Lipinski definition) is 5. The molecule has 0 saturated carbocycles. The zero-order valence-electron chi connectivity index (χ0n) is 16.9. The smallest absolute Gasteiger partial charge is 0.278 e. The summed E-state index contributed by atoms with van der Waals surface area (Å²) in [5, 5.41) is 11.4. The zero-order chi connectivity index (χ0) is 22.1. The quantitative estimate of drug-likeness (QED) is 0.425. The second kappa shape index (κ2) is 7.95. The number of halogens is 1. The van der Waals surface area contributed by atoms with Crippen molar-refractivity contribution in [3.63, 3.8) is 0 Å². The van der Waals surface area contributed by atoms with Gasteiger partial charge in [0.15, 0.2) is 17.3 Å². The normalized spacial score (nSPS) is 10.9. The molecule has 3 aromatic heterocycles. The summed E-state index contributed by atoms with van der Waals surface area (Å²) in [6, 6.07) is 17.0. The molecule has 158 valence electrons. The van der Waals surface area contributed by atoms with Crippen molar-refractivity contribution in [2.45, 2.75) is 6.92 Å². The number of para-hydroxylation sites is 1. The number of aromatic amines is 1. The van der Waals surface area contributed by atoms with Gasteiger partial charge in [0.1, 0.15) is 11.4 Å². The van der Waals surface area contributed by atoms with Crippen molar-refractivity contribution in [1.82, 2.24) is 25.0 Å². The summed E-state index contributed by atoms with van der Waals surface area (Å²) in [7, 11) is 0. The maximum atomic E-state index is 14.7. The lowest BCUT2D eigenvalue weighted by Crippen LogP contribution is -2.14. The summed E-state index contributed by atoms with van der Waals surface area (Å²) in [5.41, 5.74) is 2.43. The largest absolute Gasteiger partial charge is 0.453 e. The minimum atomic E-state index is -0.618. The molecule has 1 amide bonds. The van der Waals surface area contributed by atoms with E-state index in [0.29, 0.717) is 17.1 Å². The predicted molar refractivity (Wildman–Crippen MR) is 117 cm³/mol. The van der Waals surface area contributed by atoms with Crippen LogP contribution in [-0.4, -0.2) is 30.9 Å². The summed E-state index contributed by atoms with van der Waals surface area (Å²) in [5.74, 6) is -0.600. The maximum Gasteiger partial charge on any atom is 0.278 e. The van der Waals surface area contributed by atoms with Crippen molar-refractivity contribution in [1.29, 1.82) is 0 Å². The predicted octanol–water partition coefficient (Wildman–Crippen LogP) is 4.64. The van der Waals surface area contributed by atoms with E-state index in [1.54, 1.807) is 42.2 Å². The number of aromatic nitrogens is 5. The minimum Gasteiger partial charge on any atom is -0.453 e. The van der Waals surface area contributed by atoms with Gasteiger partial charge in [-0.2, -0.15) is 0 Å². The molecule has 0 aliphatic rings. The Kier molecular flexibility index (Phi) is 4.83. The van der Waals surface area contributed by atoms with Crippen LogP contribution in [0, 0.1) is 12.7 Å². The number of amides is 1. The fourth-order valence-electron chi connectivity index (χ4n) is 3.35. The molecule has 0 bridgehead atoms. The first-order chi connectivity index (χ1) is 15.6. The van der Waals surface area contributed by atoms with Gasteiger partial charge in [0, 0.05) is 24.1 Å². The Morgan fingerprint density at radius 3 is 2.75 bits per heavy atom. The van der Waals surface area contributed by atoms with E-state index in [0.717, 1.165) is 11.1 Å². The van der Waals surface area contributed by atoms with Gasteiger partial charge in [0.25, 0.3) is 5.91 Å². The van der Waals surface area contributed by atoms with Gasteiger partial charge in [-0.15, -0.1) is 5.10 Å². The average molecular weight is 428 g/mol. The molecule has 0 radical (unpaired) electrons. The molecule has 5 aromatic rings. The highest BCUT2D eigenvalue weighted by Crippen LogP contribution is 2.31. The van der Waals surface area contributed by atoms with Gasteiger partial charge < -0.3 is 15.0 Å². The fraction of sp³-hybridized carbons (Fsp3) is 0.0435. The molecule has 3 heterocycles. The van der Waals surface area contributed by atoms with Crippen molar-refractivity contribution >= 4 is 22.6 Å². The van der Waals surface area contributed by atoms with Crippen LogP contribution in [0.3, 0.4) is 0 Å². The molecule has 2 aromatic carbocycles. The summed E-state index contributed by atoms with van der Waals surface area (Å²) >= 11 is 0. The lowest BCUT2D eigenvalue weighted by molar-refractivity contribution is 0.102. The molecule has 0 aliphatic heterocycles. The first-order valence-corrected chi connectivity index (χ1v) is 9.79. The number of rotatable bonds is 5. The number of nitrogens with one attached hydrogen (secondary N) is 2. The Hall–Kier alpha value is -4.53. The van der Waals surface area contributed by atoms with Crippen LogP contribution in [-0.2, 0) is 0 Å². The molecule has 5 rings (SSSR count). The summed E-state index contributed by atoms with van der Waals surface area (Å²) in [6.45, 7) is 1.75.